The second-order valence-corrected chi connectivity index (χ2v) is 8.68. The molecule has 0 saturated carbocycles. The molecule has 0 atom stereocenters. The quantitative estimate of drug-likeness (QED) is 0.712. The summed E-state index contributed by atoms with van der Waals surface area (Å²) >= 11 is 6.25. The van der Waals surface area contributed by atoms with Gasteiger partial charge in [0, 0.05) is 38.6 Å². The molecule has 0 aliphatic carbocycles. The van der Waals surface area contributed by atoms with E-state index in [0.717, 1.165) is 5.56 Å². The monoisotopic (exact) mass is 423 g/mol. The molecule has 1 aliphatic heterocycles. The SMILES string of the molecule is CCN(Cc1ccncc1)C(=O)c1cc(S(=O)(=O)N2CCOCC2)ccc1Cl. The fourth-order valence-electron chi connectivity index (χ4n) is 2.97. The lowest BCUT2D eigenvalue weighted by atomic mass is 10.1. The van der Waals surface area contributed by atoms with Gasteiger partial charge in [0.15, 0.2) is 0 Å². The van der Waals surface area contributed by atoms with Crippen LogP contribution in [0.1, 0.15) is 22.8 Å². The Hall–Kier alpha value is -2.00. The molecule has 150 valence electrons. The average molecular weight is 424 g/mol. The van der Waals surface area contributed by atoms with Crippen LogP contribution in [0.5, 0.6) is 0 Å². The van der Waals surface area contributed by atoms with Gasteiger partial charge >= 0.3 is 0 Å². The third kappa shape index (κ3) is 4.52. The molecule has 1 aliphatic rings. The van der Waals surface area contributed by atoms with E-state index in [1.165, 1.54) is 22.5 Å². The van der Waals surface area contributed by atoms with E-state index in [-0.39, 0.29) is 34.5 Å². The molecule has 0 radical (unpaired) electrons. The largest absolute Gasteiger partial charge is 0.379 e. The Kier molecular flexibility index (Phi) is 6.66. The Morgan fingerprint density at radius 3 is 2.54 bits per heavy atom. The third-order valence-corrected chi connectivity index (χ3v) is 6.79. The molecule has 1 fully saturated rings. The summed E-state index contributed by atoms with van der Waals surface area (Å²) in [6.45, 7) is 3.99. The molecule has 0 bridgehead atoms. The summed E-state index contributed by atoms with van der Waals surface area (Å²) in [5.41, 5.74) is 1.10. The summed E-state index contributed by atoms with van der Waals surface area (Å²) in [4.78, 5) is 18.7. The standard InChI is InChI=1S/C19H22ClN3O4S/c1-2-22(14-15-5-7-21-8-6-15)19(24)17-13-16(3-4-18(17)20)28(25,26)23-9-11-27-12-10-23/h3-8,13H,2,9-12,14H2,1H3. The van der Waals surface area contributed by atoms with Crippen molar-refractivity contribution < 1.29 is 17.9 Å². The first-order valence-electron chi connectivity index (χ1n) is 8.99. The maximum atomic E-state index is 13.1. The zero-order valence-corrected chi connectivity index (χ0v) is 17.1. The number of benzene rings is 1. The van der Waals surface area contributed by atoms with Crippen molar-refractivity contribution in [2.24, 2.45) is 0 Å². The van der Waals surface area contributed by atoms with Crippen LogP contribution in [0.15, 0.2) is 47.6 Å². The first kappa shape index (κ1) is 20.7. The Morgan fingerprint density at radius 1 is 1.21 bits per heavy atom. The van der Waals surface area contributed by atoms with Crippen LogP contribution in [0.25, 0.3) is 0 Å². The van der Waals surface area contributed by atoms with E-state index in [1.807, 2.05) is 19.1 Å². The van der Waals surface area contributed by atoms with Crippen LogP contribution in [-0.2, 0) is 21.3 Å². The highest BCUT2D eigenvalue weighted by Gasteiger charge is 2.28. The van der Waals surface area contributed by atoms with Crippen LogP contribution in [0.2, 0.25) is 5.02 Å². The summed E-state index contributed by atoms with van der Waals surface area (Å²) in [7, 11) is -3.71. The van der Waals surface area contributed by atoms with Crippen LogP contribution >= 0.6 is 11.6 Å². The molecule has 2 heterocycles. The third-order valence-electron chi connectivity index (χ3n) is 4.57. The molecule has 0 spiro atoms. The van der Waals surface area contributed by atoms with Crippen LogP contribution in [0.3, 0.4) is 0 Å². The van der Waals surface area contributed by atoms with E-state index in [4.69, 9.17) is 16.3 Å². The van der Waals surface area contributed by atoms with Crippen molar-refractivity contribution in [3.05, 3.63) is 58.9 Å². The van der Waals surface area contributed by atoms with Crippen molar-refractivity contribution in [3.8, 4) is 0 Å². The highest BCUT2D eigenvalue weighted by atomic mass is 35.5. The predicted molar refractivity (Wildman–Crippen MR) is 106 cm³/mol. The minimum Gasteiger partial charge on any atom is -0.379 e. The second kappa shape index (κ2) is 9.00. The maximum Gasteiger partial charge on any atom is 0.255 e. The molecule has 0 unspecified atom stereocenters. The van der Waals surface area contributed by atoms with E-state index in [0.29, 0.717) is 26.3 Å². The van der Waals surface area contributed by atoms with Crippen molar-refractivity contribution in [3.63, 3.8) is 0 Å². The number of ether oxygens (including phenoxy) is 1. The number of hydrogen-bond donors (Lipinski definition) is 0. The lowest BCUT2D eigenvalue weighted by Crippen LogP contribution is -2.40. The molecule has 28 heavy (non-hydrogen) atoms. The lowest BCUT2D eigenvalue weighted by molar-refractivity contribution is 0.0729. The Morgan fingerprint density at radius 2 is 1.89 bits per heavy atom. The van der Waals surface area contributed by atoms with Gasteiger partial charge in [0.05, 0.1) is 28.7 Å². The summed E-state index contributed by atoms with van der Waals surface area (Å²) in [6.07, 6.45) is 3.33. The second-order valence-electron chi connectivity index (χ2n) is 6.33. The van der Waals surface area contributed by atoms with Crippen molar-refractivity contribution >= 4 is 27.5 Å². The summed E-state index contributed by atoms with van der Waals surface area (Å²) in [5.74, 6) is -0.316. The minimum absolute atomic E-state index is 0.0575. The molecular weight excluding hydrogens is 402 g/mol. The van der Waals surface area contributed by atoms with Gasteiger partial charge < -0.3 is 9.64 Å². The molecule has 7 nitrogen and oxygen atoms in total. The molecule has 1 aromatic carbocycles. The normalized spacial score (nSPS) is 15.4. The number of rotatable bonds is 6. The number of amides is 1. The number of sulfonamides is 1. The van der Waals surface area contributed by atoms with Crippen LogP contribution in [-0.4, -0.2) is 61.4 Å². The van der Waals surface area contributed by atoms with Gasteiger partial charge in [-0.2, -0.15) is 4.31 Å². The molecule has 0 N–H and O–H groups in total. The molecule has 1 aromatic heterocycles. The Bertz CT molecular complexity index is 931. The molecule has 1 amide bonds. The highest BCUT2D eigenvalue weighted by Crippen LogP contribution is 2.25. The van der Waals surface area contributed by atoms with E-state index < -0.39 is 10.0 Å². The van der Waals surface area contributed by atoms with Gasteiger partial charge in [-0.3, -0.25) is 9.78 Å². The number of pyridine rings is 1. The van der Waals surface area contributed by atoms with Crippen molar-refractivity contribution in [1.82, 2.24) is 14.2 Å². The van der Waals surface area contributed by atoms with Crippen molar-refractivity contribution in [1.29, 1.82) is 0 Å². The van der Waals surface area contributed by atoms with E-state index in [2.05, 4.69) is 4.98 Å². The van der Waals surface area contributed by atoms with E-state index in [1.54, 1.807) is 17.3 Å². The Balaban J connectivity index is 1.88. The smallest absolute Gasteiger partial charge is 0.255 e. The van der Waals surface area contributed by atoms with Gasteiger partial charge in [0.1, 0.15) is 0 Å². The molecule has 3 rings (SSSR count). The molecule has 2 aromatic rings. The van der Waals surface area contributed by atoms with Crippen LogP contribution in [0, 0.1) is 0 Å². The first-order chi connectivity index (χ1) is 13.4. The van der Waals surface area contributed by atoms with E-state index in [9.17, 15) is 13.2 Å². The van der Waals surface area contributed by atoms with Crippen LogP contribution < -0.4 is 0 Å². The lowest BCUT2D eigenvalue weighted by Gasteiger charge is -2.26. The number of aromatic nitrogens is 1. The predicted octanol–water partition coefficient (Wildman–Crippen LogP) is 2.42. The zero-order chi connectivity index (χ0) is 20.1. The van der Waals surface area contributed by atoms with E-state index >= 15 is 0 Å². The van der Waals surface area contributed by atoms with Crippen molar-refractivity contribution in [2.45, 2.75) is 18.4 Å². The topological polar surface area (TPSA) is 79.8 Å². The van der Waals surface area contributed by atoms with Crippen molar-refractivity contribution in [2.75, 3.05) is 32.8 Å². The summed E-state index contributed by atoms with van der Waals surface area (Å²) < 4.78 is 32.4. The number of morpholine rings is 1. The fraction of sp³-hybridized carbons (Fsp3) is 0.368. The van der Waals surface area contributed by atoms with Gasteiger partial charge in [-0.25, -0.2) is 8.42 Å². The highest BCUT2D eigenvalue weighted by molar-refractivity contribution is 7.89. The van der Waals surface area contributed by atoms with Gasteiger partial charge in [-0.15, -0.1) is 0 Å². The minimum atomic E-state index is -3.71. The van der Waals surface area contributed by atoms with Crippen LogP contribution in [0.4, 0.5) is 0 Å². The average Bonchev–Trinajstić information content (AvgIpc) is 2.73. The number of halogens is 1. The van der Waals surface area contributed by atoms with Gasteiger partial charge in [-0.05, 0) is 42.8 Å². The van der Waals surface area contributed by atoms with Gasteiger partial charge in [0.2, 0.25) is 10.0 Å². The summed E-state index contributed by atoms with van der Waals surface area (Å²) in [5, 5.41) is 0.221. The first-order valence-corrected chi connectivity index (χ1v) is 10.8. The molecule has 1 saturated heterocycles. The number of carbonyl (C=O) groups excluding carboxylic acids is 1. The Labute approximate surface area is 169 Å². The summed E-state index contributed by atoms with van der Waals surface area (Å²) in [6, 6.07) is 7.92. The number of hydrogen-bond acceptors (Lipinski definition) is 5. The van der Waals surface area contributed by atoms with Gasteiger partial charge in [0.25, 0.3) is 5.91 Å². The zero-order valence-electron chi connectivity index (χ0n) is 15.5. The van der Waals surface area contributed by atoms with Gasteiger partial charge in [-0.1, -0.05) is 11.6 Å². The number of carbonyl (C=O) groups is 1. The number of nitrogens with zero attached hydrogens (tertiary/aromatic N) is 3. The fourth-order valence-corrected chi connectivity index (χ4v) is 4.60. The maximum absolute atomic E-state index is 13.1. The molecular formula is C19H22ClN3O4S. The molecule has 9 heteroatoms.